The number of hydrogen-bond donors (Lipinski definition) is 2. The molecule has 1 aromatic heterocycles. The normalized spacial score (nSPS) is 13.2. The third-order valence-corrected chi connectivity index (χ3v) is 2.45. The fraction of sp³-hybridized carbons (Fsp3) is 0.500. The average Bonchev–Trinajstić information content (AvgIpc) is 2.17. The van der Waals surface area contributed by atoms with Gasteiger partial charge in [-0.2, -0.15) is 0 Å². The smallest absolute Gasteiger partial charge is 0.287 e. The Kier molecular flexibility index (Phi) is 3.44. The highest BCUT2D eigenvalue weighted by Crippen LogP contribution is 2.18. The summed E-state index contributed by atoms with van der Waals surface area (Å²) in [6, 6.07) is 2.88. The van der Waals surface area contributed by atoms with Crippen LogP contribution in [0, 0.1) is 10.1 Å². The Morgan fingerprint density at radius 2 is 2.19 bits per heavy atom. The Bertz CT molecular complexity index is 373. The SMILES string of the molecule is CC(O)C(C)(C)Nc1ccc([N+](=O)[O-])cn1. The van der Waals surface area contributed by atoms with Gasteiger partial charge in [0, 0.05) is 6.07 Å². The van der Waals surface area contributed by atoms with Gasteiger partial charge in [0.15, 0.2) is 0 Å². The number of aliphatic hydroxyl groups is 1. The molecule has 88 valence electrons. The van der Waals surface area contributed by atoms with Crippen LogP contribution in [0.4, 0.5) is 11.5 Å². The summed E-state index contributed by atoms with van der Waals surface area (Å²) in [5.74, 6) is 0.497. The molecule has 0 radical (unpaired) electrons. The van der Waals surface area contributed by atoms with Gasteiger partial charge in [0.25, 0.3) is 5.69 Å². The zero-order valence-corrected chi connectivity index (χ0v) is 9.47. The molecule has 0 bridgehead atoms. The van der Waals surface area contributed by atoms with Crippen molar-refractivity contribution in [2.24, 2.45) is 0 Å². The van der Waals surface area contributed by atoms with Gasteiger partial charge in [-0.3, -0.25) is 10.1 Å². The van der Waals surface area contributed by atoms with Crippen molar-refractivity contribution in [3.63, 3.8) is 0 Å². The number of rotatable bonds is 4. The van der Waals surface area contributed by atoms with Crippen molar-refractivity contribution in [2.75, 3.05) is 5.32 Å². The van der Waals surface area contributed by atoms with E-state index in [1.807, 2.05) is 13.8 Å². The molecule has 6 nitrogen and oxygen atoms in total. The number of nitrogens with one attached hydrogen (secondary N) is 1. The van der Waals surface area contributed by atoms with Crippen LogP contribution in [0.1, 0.15) is 20.8 Å². The fourth-order valence-electron chi connectivity index (χ4n) is 1.00. The summed E-state index contributed by atoms with van der Waals surface area (Å²) >= 11 is 0. The van der Waals surface area contributed by atoms with Crippen molar-refractivity contribution in [3.8, 4) is 0 Å². The van der Waals surface area contributed by atoms with E-state index in [-0.39, 0.29) is 5.69 Å². The molecular formula is C10H15N3O3. The van der Waals surface area contributed by atoms with Crippen molar-refractivity contribution in [3.05, 3.63) is 28.4 Å². The number of nitrogens with zero attached hydrogens (tertiary/aromatic N) is 2. The van der Waals surface area contributed by atoms with Gasteiger partial charge in [-0.1, -0.05) is 0 Å². The number of pyridine rings is 1. The molecule has 0 saturated heterocycles. The van der Waals surface area contributed by atoms with E-state index >= 15 is 0 Å². The van der Waals surface area contributed by atoms with Gasteiger partial charge in [0.2, 0.25) is 0 Å². The molecule has 0 saturated carbocycles. The molecule has 1 atom stereocenters. The molecule has 1 unspecified atom stereocenters. The van der Waals surface area contributed by atoms with Crippen LogP contribution >= 0.6 is 0 Å². The number of hydrogen-bond acceptors (Lipinski definition) is 5. The summed E-state index contributed by atoms with van der Waals surface area (Å²) < 4.78 is 0. The molecular weight excluding hydrogens is 210 g/mol. The molecule has 0 fully saturated rings. The van der Waals surface area contributed by atoms with Crippen LogP contribution < -0.4 is 5.32 Å². The molecule has 1 heterocycles. The minimum atomic E-state index is -0.565. The lowest BCUT2D eigenvalue weighted by atomic mass is 9.99. The van der Waals surface area contributed by atoms with E-state index in [2.05, 4.69) is 10.3 Å². The Morgan fingerprint density at radius 1 is 1.56 bits per heavy atom. The molecule has 6 heteroatoms. The second kappa shape index (κ2) is 4.44. The van der Waals surface area contributed by atoms with E-state index < -0.39 is 16.6 Å². The molecule has 0 spiro atoms. The fourth-order valence-corrected chi connectivity index (χ4v) is 1.00. The summed E-state index contributed by atoms with van der Waals surface area (Å²) in [6.45, 7) is 5.31. The van der Waals surface area contributed by atoms with Crippen LogP contribution in [0.5, 0.6) is 0 Å². The molecule has 0 aromatic carbocycles. The van der Waals surface area contributed by atoms with Gasteiger partial charge in [-0.15, -0.1) is 0 Å². The summed E-state index contributed by atoms with van der Waals surface area (Å²) in [4.78, 5) is 13.8. The van der Waals surface area contributed by atoms with Crippen LogP contribution in [0.3, 0.4) is 0 Å². The maximum Gasteiger partial charge on any atom is 0.287 e. The third-order valence-electron chi connectivity index (χ3n) is 2.45. The predicted octanol–water partition coefficient (Wildman–Crippen LogP) is 1.56. The first-order valence-electron chi connectivity index (χ1n) is 4.89. The monoisotopic (exact) mass is 225 g/mol. The summed E-state index contributed by atoms with van der Waals surface area (Å²) in [5.41, 5.74) is -0.594. The van der Waals surface area contributed by atoms with Gasteiger partial charge in [-0.05, 0) is 26.8 Å². The van der Waals surface area contributed by atoms with Crippen molar-refractivity contribution in [1.82, 2.24) is 4.98 Å². The predicted molar refractivity (Wildman–Crippen MR) is 60.3 cm³/mol. The molecule has 1 rings (SSSR count). The zero-order valence-electron chi connectivity index (χ0n) is 9.47. The number of aromatic nitrogens is 1. The Morgan fingerprint density at radius 3 is 2.56 bits per heavy atom. The van der Waals surface area contributed by atoms with Crippen molar-refractivity contribution >= 4 is 11.5 Å². The summed E-state index contributed by atoms with van der Waals surface area (Å²) in [7, 11) is 0. The van der Waals surface area contributed by atoms with E-state index in [4.69, 9.17) is 0 Å². The van der Waals surface area contributed by atoms with Crippen molar-refractivity contribution in [2.45, 2.75) is 32.4 Å². The summed E-state index contributed by atoms with van der Waals surface area (Å²) in [5, 5.41) is 22.9. The maximum atomic E-state index is 10.4. The van der Waals surface area contributed by atoms with Crippen LogP contribution in [-0.2, 0) is 0 Å². The first-order valence-corrected chi connectivity index (χ1v) is 4.89. The number of aliphatic hydroxyl groups excluding tert-OH is 1. The molecule has 2 N–H and O–H groups in total. The van der Waals surface area contributed by atoms with E-state index in [0.29, 0.717) is 5.82 Å². The van der Waals surface area contributed by atoms with Crippen LogP contribution in [0.2, 0.25) is 0 Å². The highest BCUT2D eigenvalue weighted by atomic mass is 16.6. The van der Waals surface area contributed by atoms with Crippen molar-refractivity contribution < 1.29 is 10.0 Å². The Balaban J connectivity index is 2.80. The number of anilines is 1. The second-order valence-corrected chi connectivity index (χ2v) is 4.18. The quantitative estimate of drug-likeness (QED) is 0.599. The largest absolute Gasteiger partial charge is 0.391 e. The first kappa shape index (κ1) is 12.4. The van der Waals surface area contributed by atoms with Crippen LogP contribution in [0.25, 0.3) is 0 Å². The Hall–Kier alpha value is -1.69. The summed E-state index contributed by atoms with van der Waals surface area (Å²) in [6.07, 6.45) is 0.616. The average molecular weight is 225 g/mol. The minimum absolute atomic E-state index is 0.0552. The minimum Gasteiger partial charge on any atom is -0.391 e. The Labute approximate surface area is 93.5 Å². The van der Waals surface area contributed by atoms with Gasteiger partial charge in [0.05, 0.1) is 16.6 Å². The molecule has 1 aromatic rings. The number of nitro groups is 1. The molecule has 0 aliphatic carbocycles. The van der Waals surface area contributed by atoms with E-state index in [9.17, 15) is 15.2 Å². The zero-order chi connectivity index (χ0) is 12.3. The topological polar surface area (TPSA) is 88.3 Å². The van der Waals surface area contributed by atoms with Gasteiger partial charge in [-0.25, -0.2) is 4.98 Å². The maximum absolute atomic E-state index is 10.4. The van der Waals surface area contributed by atoms with Crippen LogP contribution in [-0.4, -0.2) is 26.7 Å². The molecule has 16 heavy (non-hydrogen) atoms. The standard InChI is InChI=1S/C10H15N3O3/c1-7(14)10(2,3)12-9-5-4-8(6-11-9)13(15)16/h4-7,14H,1-3H3,(H,11,12). The molecule has 0 amide bonds. The highest BCUT2D eigenvalue weighted by Gasteiger charge is 2.24. The van der Waals surface area contributed by atoms with Crippen molar-refractivity contribution in [1.29, 1.82) is 0 Å². The van der Waals surface area contributed by atoms with Crippen LogP contribution in [0.15, 0.2) is 18.3 Å². The van der Waals surface area contributed by atoms with Gasteiger partial charge in [0.1, 0.15) is 12.0 Å². The lowest BCUT2D eigenvalue weighted by molar-refractivity contribution is -0.385. The van der Waals surface area contributed by atoms with E-state index in [1.165, 1.54) is 18.3 Å². The highest BCUT2D eigenvalue weighted by molar-refractivity contribution is 5.42. The second-order valence-electron chi connectivity index (χ2n) is 4.18. The lowest BCUT2D eigenvalue weighted by Crippen LogP contribution is -2.42. The van der Waals surface area contributed by atoms with Gasteiger partial charge >= 0.3 is 0 Å². The molecule has 0 aliphatic rings. The third kappa shape index (κ3) is 2.90. The lowest BCUT2D eigenvalue weighted by Gasteiger charge is -2.29. The molecule has 0 aliphatic heterocycles. The van der Waals surface area contributed by atoms with E-state index in [1.54, 1.807) is 6.92 Å². The van der Waals surface area contributed by atoms with Gasteiger partial charge < -0.3 is 10.4 Å². The first-order chi connectivity index (χ1) is 7.33. The van der Waals surface area contributed by atoms with E-state index in [0.717, 1.165) is 0 Å².